The van der Waals surface area contributed by atoms with Crippen LogP contribution < -0.4 is 4.74 Å². The van der Waals surface area contributed by atoms with Crippen LogP contribution in [0.15, 0.2) is 42.5 Å². The zero-order valence-electron chi connectivity index (χ0n) is 14.4. The molecule has 0 spiro atoms. The summed E-state index contributed by atoms with van der Waals surface area (Å²) < 4.78 is 5.59. The van der Waals surface area contributed by atoms with Crippen LogP contribution in [0.3, 0.4) is 0 Å². The molecule has 138 valence electrons. The minimum Gasteiger partial charge on any atom is -0.480 e. The fourth-order valence-corrected chi connectivity index (χ4v) is 2.54. The van der Waals surface area contributed by atoms with E-state index >= 15 is 0 Å². The molecular weight excluding hydrogens is 360 g/mol. The summed E-state index contributed by atoms with van der Waals surface area (Å²) in [4.78, 5) is 23.6. The van der Waals surface area contributed by atoms with E-state index in [1.165, 1.54) is 12.1 Å². The molecule has 0 radical (unpaired) electrons. The van der Waals surface area contributed by atoms with Crippen LogP contribution in [0, 0.1) is 10.1 Å². The first kappa shape index (κ1) is 19.7. The Labute approximate surface area is 155 Å². The molecule has 2 aromatic carbocycles. The average molecular weight is 379 g/mol. The van der Waals surface area contributed by atoms with Crippen molar-refractivity contribution in [1.82, 2.24) is 4.90 Å². The Hall–Kier alpha value is -2.64. The second-order valence-corrected chi connectivity index (χ2v) is 6.39. The second kappa shape index (κ2) is 8.64. The molecule has 7 nitrogen and oxygen atoms in total. The Morgan fingerprint density at radius 2 is 1.96 bits per heavy atom. The van der Waals surface area contributed by atoms with Gasteiger partial charge in [-0.15, -0.1) is 0 Å². The van der Waals surface area contributed by atoms with Crippen LogP contribution >= 0.6 is 11.6 Å². The van der Waals surface area contributed by atoms with Gasteiger partial charge in [0.25, 0.3) is 0 Å². The maximum atomic E-state index is 11.4. The number of carboxylic acids is 1. The fourth-order valence-electron chi connectivity index (χ4n) is 2.37. The summed E-state index contributed by atoms with van der Waals surface area (Å²) in [6.45, 7) is 3.86. The molecule has 2 rings (SSSR count). The number of halogens is 1. The lowest BCUT2D eigenvalue weighted by Gasteiger charge is -2.24. The third-order valence-electron chi connectivity index (χ3n) is 3.73. The first-order valence-corrected chi connectivity index (χ1v) is 8.31. The molecule has 1 N–H and O–H groups in total. The van der Waals surface area contributed by atoms with Crippen LogP contribution in [0.2, 0.25) is 5.02 Å². The Balaban J connectivity index is 2.29. The minimum atomic E-state index is -0.952. The van der Waals surface area contributed by atoms with Gasteiger partial charge in [0.05, 0.1) is 16.5 Å². The SMILES string of the molecule is CC(C)N(CC(=O)O)Cc1ccc(Oc2ccccc2Cl)c([N+](=O)[O-])c1. The maximum Gasteiger partial charge on any atom is 0.317 e. The topological polar surface area (TPSA) is 92.9 Å². The third-order valence-corrected chi connectivity index (χ3v) is 4.04. The number of benzene rings is 2. The van der Waals surface area contributed by atoms with Crippen molar-refractivity contribution in [3.8, 4) is 11.5 Å². The number of nitrogens with zero attached hydrogens (tertiary/aromatic N) is 2. The molecule has 0 unspecified atom stereocenters. The standard InChI is InChI=1S/C18H19ClN2O5/c1-12(2)20(11-18(22)23)10-13-7-8-17(15(9-13)21(24)25)26-16-6-4-3-5-14(16)19/h3-9,12H,10-11H2,1-2H3,(H,22,23). The van der Waals surface area contributed by atoms with Crippen LogP contribution in [-0.4, -0.2) is 33.5 Å². The molecule has 0 bridgehead atoms. The van der Waals surface area contributed by atoms with Gasteiger partial charge in [0.15, 0.2) is 0 Å². The molecule has 0 aliphatic rings. The van der Waals surface area contributed by atoms with Crippen molar-refractivity contribution < 1.29 is 19.6 Å². The van der Waals surface area contributed by atoms with Gasteiger partial charge in [-0.3, -0.25) is 19.8 Å². The number of nitro benzene ring substituents is 1. The largest absolute Gasteiger partial charge is 0.480 e. The predicted molar refractivity (Wildman–Crippen MR) is 97.8 cm³/mol. The summed E-state index contributed by atoms with van der Waals surface area (Å²) in [5.41, 5.74) is 0.416. The molecule has 0 saturated carbocycles. The first-order chi connectivity index (χ1) is 12.3. The fraction of sp³-hybridized carbons (Fsp3) is 0.278. The van der Waals surface area contributed by atoms with Gasteiger partial charge in [-0.1, -0.05) is 29.8 Å². The van der Waals surface area contributed by atoms with Crippen molar-refractivity contribution in [1.29, 1.82) is 0 Å². The first-order valence-electron chi connectivity index (χ1n) is 7.93. The summed E-state index contributed by atoms with van der Waals surface area (Å²) in [6.07, 6.45) is 0. The van der Waals surface area contributed by atoms with E-state index in [9.17, 15) is 14.9 Å². The molecule has 2 aromatic rings. The van der Waals surface area contributed by atoms with Crippen LogP contribution in [-0.2, 0) is 11.3 Å². The summed E-state index contributed by atoms with van der Waals surface area (Å²) >= 11 is 6.03. The average Bonchev–Trinajstić information content (AvgIpc) is 2.56. The van der Waals surface area contributed by atoms with Gasteiger partial charge in [-0.25, -0.2) is 0 Å². The van der Waals surface area contributed by atoms with E-state index in [0.29, 0.717) is 16.3 Å². The highest BCUT2D eigenvalue weighted by atomic mass is 35.5. The van der Waals surface area contributed by atoms with E-state index in [-0.39, 0.29) is 30.6 Å². The number of carboxylic acid groups (broad SMARTS) is 1. The smallest absolute Gasteiger partial charge is 0.317 e. The van der Waals surface area contributed by atoms with Gasteiger partial charge < -0.3 is 9.84 Å². The number of aliphatic carboxylic acids is 1. The van der Waals surface area contributed by atoms with Crippen molar-refractivity contribution in [2.45, 2.75) is 26.4 Å². The molecule has 0 aromatic heterocycles. The Bertz CT molecular complexity index is 810. The summed E-state index contributed by atoms with van der Waals surface area (Å²) in [5.74, 6) is -0.562. The van der Waals surface area contributed by atoms with Crippen molar-refractivity contribution in [3.63, 3.8) is 0 Å². The molecular formula is C18H19ClN2O5. The Kier molecular flexibility index (Phi) is 6.54. The van der Waals surface area contributed by atoms with Crippen molar-refractivity contribution in [2.24, 2.45) is 0 Å². The van der Waals surface area contributed by atoms with Gasteiger partial charge in [0.2, 0.25) is 5.75 Å². The molecule has 0 aliphatic carbocycles. The minimum absolute atomic E-state index is 0.0239. The Morgan fingerprint density at radius 3 is 2.54 bits per heavy atom. The molecule has 0 aliphatic heterocycles. The van der Waals surface area contributed by atoms with E-state index in [2.05, 4.69) is 0 Å². The molecule has 0 heterocycles. The van der Waals surface area contributed by atoms with Gasteiger partial charge >= 0.3 is 11.7 Å². The van der Waals surface area contributed by atoms with E-state index in [0.717, 1.165) is 0 Å². The summed E-state index contributed by atoms with van der Waals surface area (Å²) in [7, 11) is 0. The highest BCUT2D eigenvalue weighted by Crippen LogP contribution is 2.35. The molecule has 8 heteroatoms. The summed E-state index contributed by atoms with van der Waals surface area (Å²) in [5, 5.41) is 20.8. The van der Waals surface area contributed by atoms with E-state index < -0.39 is 10.9 Å². The summed E-state index contributed by atoms with van der Waals surface area (Å²) in [6, 6.07) is 11.2. The molecule has 0 saturated heterocycles. The molecule has 0 fully saturated rings. The van der Waals surface area contributed by atoms with Gasteiger partial charge in [0, 0.05) is 18.7 Å². The predicted octanol–water partition coefficient (Wildman–Crippen LogP) is 4.34. The lowest BCUT2D eigenvalue weighted by atomic mass is 10.1. The number of nitro groups is 1. The quantitative estimate of drug-likeness (QED) is 0.542. The van der Waals surface area contributed by atoms with E-state index in [1.807, 2.05) is 13.8 Å². The number of para-hydroxylation sites is 1. The van der Waals surface area contributed by atoms with Gasteiger partial charge in [-0.2, -0.15) is 0 Å². The number of hydrogen-bond donors (Lipinski definition) is 1. The highest BCUT2D eigenvalue weighted by molar-refractivity contribution is 6.32. The van der Waals surface area contributed by atoms with Crippen LogP contribution in [0.5, 0.6) is 11.5 Å². The Morgan fingerprint density at radius 1 is 1.27 bits per heavy atom. The molecule has 26 heavy (non-hydrogen) atoms. The zero-order chi connectivity index (χ0) is 19.3. The van der Waals surface area contributed by atoms with Crippen molar-refractivity contribution in [2.75, 3.05) is 6.54 Å². The maximum absolute atomic E-state index is 11.4. The second-order valence-electron chi connectivity index (χ2n) is 5.98. The lowest BCUT2D eigenvalue weighted by Crippen LogP contribution is -2.35. The number of carbonyl (C=O) groups is 1. The van der Waals surface area contributed by atoms with Crippen molar-refractivity contribution in [3.05, 3.63) is 63.2 Å². The third kappa shape index (κ3) is 5.18. The van der Waals surface area contributed by atoms with Crippen LogP contribution in [0.25, 0.3) is 0 Å². The number of rotatable bonds is 8. The highest BCUT2D eigenvalue weighted by Gasteiger charge is 2.20. The van der Waals surface area contributed by atoms with E-state index in [1.54, 1.807) is 35.2 Å². The van der Waals surface area contributed by atoms with Crippen LogP contribution in [0.4, 0.5) is 5.69 Å². The lowest BCUT2D eigenvalue weighted by molar-refractivity contribution is -0.385. The molecule has 0 atom stereocenters. The zero-order valence-corrected chi connectivity index (χ0v) is 15.1. The normalized spacial score (nSPS) is 11.0. The monoisotopic (exact) mass is 378 g/mol. The number of ether oxygens (including phenoxy) is 1. The van der Waals surface area contributed by atoms with Crippen molar-refractivity contribution >= 4 is 23.3 Å². The van der Waals surface area contributed by atoms with Gasteiger partial charge in [0.1, 0.15) is 5.75 Å². The number of hydrogen-bond acceptors (Lipinski definition) is 5. The van der Waals surface area contributed by atoms with E-state index in [4.69, 9.17) is 21.4 Å². The van der Waals surface area contributed by atoms with Gasteiger partial charge in [-0.05, 0) is 37.6 Å². The van der Waals surface area contributed by atoms with Crippen LogP contribution in [0.1, 0.15) is 19.4 Å². The molecule has 0 amide bonds.